The normalized spacial score (nSPS) is 12.4. The number of nitrogens with zero attached hydrogens (tertiary/aromatic N) is 3. The Morgan fingerprint density at radius 3 is 1.23 bits per heavy atom. The van der Waals surface area contributed by atoms with Crippen molar-refractivity contribution in [3.05, 3.63) is 100 Å². The number of carbonyl (C=O) groups is 4. The van der Waals surface area contributed by atoms with Gasteiger partial charge in [-0.1, -0.05) is 110 Å². The van der Waals surface area contributed by atoms with E-state index < -0.39 is 0 Å². The van der Waals surface area contributed by atoms with Gasteiger partial charge >= 0.3 is 58.2 Å². The molecule has 6 rings (SSSR count). The minimum absolute atomic E-state index is 0. The maximum Gasteiger partial charge on any atom is 1.00 e. The Labute approximate surface area is 340 Å². The largest absolute Gasteiger partial charge is 1.00 e. The van der Waals surface area contributed by atoms with E-state index in [0.29, 0.717) is 47.6 Å². The van der Waals surface area contributed by atoms with Crippen molar-refractivity contribution in [2.24, 2.45) is 0 Å². The molecule has 0 N–H and O–H groups in total. The third-order valence-electron chi connectivity index (χ3n) is 7.26. The fourth-order valence-corrected chi connectivity index (χ4v) is 6.23. The zero-order valence-corrected chi connectivity index (χ0v) is 36.0. The Morgan fingerprint density at radius 2 is 0.854 bits per heavy atom. The van der Waals surface area contributed by atoms with Gasteiger partial charge in [0.05, 0.1) is 0 Å². The van der Waals surface area contributed by atoms with Crippen LogP contribution in [0.1, 0.15) is 103 Å². The van der Waals surface area contributed by atoms with Crippen molar-refractivity contribution in [1.82, 2.24) is 9.80 Å². The maximum absolute atomic E-state index is 13.0. The number of thioether (sulfide) groups is 1. The van der Waals surface area contributed by atoms with E-state index in [-0.39, 0.29) is 88.4 Å². The molecule has 0 atom stereocenters. The number of hydrogen-bond acceptors (Lipinski definition) is 5. The summed E-state index contributed by atoms with van der Waals surface area (Å²) < 4.78 is 0. The SMILES string of the molecule is CC.CC.CC.CC.O=C1c2cccc3cccc(c23)C(=O)N1CC[N-]CCCSCCN1C(=O)c2cccc3cccc(c23)C1=O.[Rb+]. The molecule has 0 bridgehead atoms. The Hall–Kier alpha value is -2.20. The molecule has 0 aromatic heterocycles. The second-order valence-corrected chi connectivity index (χ2v) is 10.8. The van der Waals surface area contributed by atoms with Crippen molar-refractivity contribution in [2.75, 3.05) is 37.7 Å². The van der Waals surface area contributed by atoms with Crippen molar-refractivity contribution < 1.29 is 77.4 Å². The monoisotopic (exact) mass is 741 g/mol. The molecule has 2 aliphatic heterocycles. The van der Waals surface area contributed by atoms with Gasteiger partial charge in [-0.25, -0.2) is 0 Å². The Morgan fingerprint density at radius 1 is 0.500 bits per heavy atom. The minimum atomic E-state index is -0.268. The van der Waals surface area contributed by atoms with Crippen LogP contribution in [0.2, 0.25) is 0 Å². The van der Waals surface area contributed by atoms with Crippen LogP contribution in [-0.2, 0) is 0 Å². The molecule has 0 fully saturated rings. The van der Waals surface area contributed by atoms with Crippen molar-refractivity contribution in [2.45, 2.75) is 61.8 Å². The summed E-state index contributed by atoms with van der Waals surface area (Å²) in [6.45, 7) is 17.6. The summed E-state index contributed by atoms with van der Waals surface area (Å²) in [5.74, 6) is 0.479. The molecule has 0 saturated heterocycles. The number of imide groups is 2. The summed E-state index contributed by atoms with van der Waals surface area (Å²) in [5, 5.41) is 7.79. The fourth-order valence-electron chi connectivity index (χ4n) is 5.39. The van der Waals surface area contributed by atoms with Gasteiger partial charge in [0.2, 0.25) is 0 Å². The summed E-state index contributed by atoms with van der Waals surface area (Å²) >= 11 is 1.68. The average Bonchev–Trinajstić information content (AvgIpc) is 3.14. The van der Waals surface area contributed by atoms with Crippen LogP contribution in [-0.4, -0.2) is 71.1 Å². The Bertz CT molecular complexity index is 1440. The molecule has 4 aromatic carbocycles. The van der Waals surface area contributed by atoms with Crippen LogP contribution in [0.25, 0.3) is 26.9 Å². The molecule has 0 unspecified atom stereocenters. The molecule has 252 valence electrons. The zero-order chi connectivity index (χ0) is 34.9. The van der Waals surface area contributed by atoms with Crippen molar-refractivity contribution in [3.8, 4) is 0 Å². The topological polar surface area (TPSA) is 88.9 Å². The molecular formula is C39H50N3O4RbS. The third-order valence-corrected chi connectivity index (χ3v) is 8.31. The van der Waals surface area contributed by atoms with Crippen LogP contribution < -0.4 is 58.2 Å². The molecule has 48 heavy (non-hydrogen) atoms. The molecule has 0 spiro atoms. The number of amides is 4. The predicted octanol–water partition coefficient (Wildman–Crippen LogP) is 6.49. The van der Waals surface area contributed by atoms with Gasteiger partial charge in [-0.3, -0.25) is 29.0 Å². The molecule has 2 heterocycles. The van der Waals surface area contributed by atoms with E-state index in [9.17, 15) is 19.2 Å². The van der Waals surface area contributed by atoms with Crippen LogP contribution in [0.5, 0.6) is 0 Å². The van der Waals surface area contributed by atoms with E-state index in [1.54, 1.807) is 36.0 Å². The number of benzene rings is 4. The quantitative estimate of drug-likeness (QED) is 0.137. The summed E-state index contributed by atoms with van der Waals surface area (Å²) in [6, 6.07) is 22.1. The fraction of sp³-hybridized carbons (Fsp3) is 0.385. The van der Waals surface area contributed by atoms with Crippen LogP contribution >= 0.6 is 11.8 Å². The number of carbonyl (C=O) groups excluding carboxylic acids is 4. The van der Waals surface area contributed by atoms with Gasteiger partial charge in [0.15, 0.2) is 0 Å². The first-order chi connectivity index (χ1) is 23.1. The first kappa shape index (κ1) is 43.8. The molecule has 2 aliphatic rings. The van der Waals surface area contributed by atoms with E-state index >= 15 is 0 Å². The van der Waals surface area contributed by atoms with E-state index in [1.807, 2.05) is 104 Å². The molecule has 4 amide bonds. The van der Waals surface area contributed by atoms with Gasteiger partial charge in [0.1, 0.15) is 0 Å². The van der Waals surface area contributed by atoms with E-state index in [1.165, 1.54) is 9.80 Å². The van der Waals surface area contributed by atoms with Crippen molar-refractivity contribution >= 4 is 56.9 Å². The standard InChI is InChI=1S/C31H26N3O4S.4C2H6.Rb/c35-28-22-10-1-6-20-7-2-11-23(26(20)22)29(36)33(28)16-15-32-14-5-18-39-19-17-34-30(37)24-12-3-8-21-9-4-13-25(27(21)24)31(34)38;4*1-2;/h1-4,6-13H,5,14-19H2;4*1-2H3;/q-1;;;;;+1. The van der Waals surface area contributed by atoms with Gasteiger partial charge in [-0.2, -0.15) is 11.8 Å². The van der Waals surface area contributed by atoms with Crippen LogP contribution in [0.15, 0.2) is 72.8 Å². The average molecular weight is 742 g/mol. The van der Waals surface area contributed by atoms with E-state index in [0.717, 1.165) is 33.7 Å². The van der Waals surface area contributed by atoms with Crippen LogP contribution in [0.3, 0.4) is 0 Å². The number of hydrogen-bond donors (Lipinski definition) is 0. The molecule has 0 saturated carbocycles. The van der Waals surface area contributed by atoms with Crippen molar-refractivity contribution in [1.29, 1.82) is 0 Å². The first-order valence-corrected chi connectivity index (χ1v) is 18.2. The third kappa shape index (κ3) is 9.95. The summed E-state index contributed by atoms with van der Waals surface area (Å²) in [7, 11) is 0. The van der Waals surface area contributed by atoms with Crippen molar-refractivity contribution in [3.63, 3.8) is 0 Å². The molecule has 0 radical (unpaired) electrons. The molecule has 7 nitrogen and oxygen atoms in total. The second kappa shape index (κ2) is 23.2. The van der Waals surface area contributed by atoms with E-state index in [4.69, 9.17) is 0 Å². The first-order valence-electron chi connectivity index (χ1n) is 17.0. The van der Waals surface area contributed by atoms with Gasteiger partial charge in [-0.15, -0.1) is 13.1 Å². The second-order valence-electron chi connectivity index (χ2n) is 9.58. The van der Waals surface area contributed by atoms with Gasteiger partial charge in [-0.05, 0) is 40.8 Å². The van der Waals surface area contributed by atoms with E-state index in [2.05, 4.69) is 5.32 Å². The van der Waals surface area contributed by atoms with Crippen LogP contribution in [0, 0.1) is 0 Å². The molecule has 0 aliphatic carbocycles. The Balaban J connectivity index is 0.00000119. The predicted molar refractivity (Wildman–Crippen MR) is 199 cm³/mol. The Kier molecular flexibility index (Phi) is 21.2. The summed E-state index contributed by atoms with van der Waals surface area (Å²) in [5.41, 5.74) is 2.28. The zero-order valence-electron chi connectivity index (χ0n) is 30.3. The molecular weight excluding hydrogens is 692 g/mol. The minimum Gasteiger partial charge on any atom is -0.661 e. The molecule has 4 aromatic rings. The van der Waals surface area contributed by atoms with Gasteiger partial charge in [0.25, 0.3) is 23.6 Å². The maximum atomic E-state index is 13.0. The number of rotatable bonds is 10. The van der Waals surface area contributed by atoms with Crippen LogP contribution in [0.4, 0.5) is 0 Å². The summed E-state index contributed by atoms with van der Waals surface area (Å²) in [4.78, 5) is 54.5. The summed E-state index contributed by atoms with van der Waals surface area (Å²) in [6.07, 6.45) is 0.832. The van der Waals surface area contributed by atoms with Gasteiger partial charge < -0.3 is 5.32 Å². The van der Waals surface area contributed by atoms with Gasteiger partial charge in [0, 0.05) is 51.9 Å². The molecule has 9 heteroatoms. The smallest absolute Gasteiger partial charge is 0.661 e.